The summed E-state index contributed by atoms with van der Waals surface area (Å²) in [5.74, 6) is -0.582. The van der Waals surface area contributed by atoms with E-state index in [1.54, 1.807) is 31.4 Å². The van der Waals surface area contributed by atoms with E-state index in [0.29, 0.717) is 16.5 Å². The van der Waals surface area contributed by atoms with Crippen LogP contribution >= 0.6 is 11.6 Å². The minimum absolute atomic E-state index is 0.103. The summed E-state index contributed by atoms with van der Waals surface area (Å²) in [4.78, 5) is 11.6. The van der Waals surface area contributed by atoms with Crippen molar-refractivity contribution in [3.63, 3.8) is 0 Å². The van der Waals surface area contributed by atoms with Crippen molar-refractivity contribution in [3.8, 4) is 5.75 Å². The maximum absolute atomic E-state index is 13.9. The maximum atomic E-state index is 13.9. The summed E-state index contributed by atoms with van der Waals surface area (Å²) in [6.07, 6.45) is 0. The van der Waals surface area contributed by atoms with Crippen molar-refractivity contribution in [1.29, 1.82) is 0 Å². The number of primary amides is 1. The minimum atomic E-state index is -1.02. The highest BCUT2D eigenvalue weighted by Crippen LogP contribution is 2.25. The van der Waals surface area contributed by atoms with E-state index in [-0.39, 0.29) is 5.56 Å². The van der Waals surface area contributed by atoms with Gasteiger partial charge in [0.15, 0.2) is 0 Å². The van der Waals surface area contributed by atoms with E-state index in [9.17, 15) is 9.18 Å². The Morgan fingerprint density at radius 2 is 1.95 bits per heavy atom. The van der Waals surface area contributed by atoms with Gasteiger partial charge in [-0.3, -0.25) is 4.79 Å². The smallest absolute Gasteiger partial charge is 0.244 e. The molecule has 2 aromatic carbocycles. The molecule has 1 amide bonds. The first-order chi connectivity index (χ1) is 10.0. The Kier molecular flexibility index (Phi) is 4.65. The van der Waals surface area contributed by atoms with Gasteiger partial charge in [0.05, 0.1) is 7.11 Å². The second-order valence-electron chi connectivity index (χ2n) is 4.37. The summed E-state index contributed by atoms with van der Waals surface area (Å²) < 4.78 is 18.9. The molecule has 0 bridgehead atoms. The van der Waals surface area contributed by atoms with Gasteiger partial charge in [0.2, 0.25) is 5.91 Å². The van der Waals surface area contributed by atoms with E-state index in [2.05, 4.69) is 5.32 Å². The first-order valence-corrected chi connectivity index (χ1v) is 6.54. The van der Waals surface area contributed by atoms with Gasteiger partial charge in [-0.25, -0.2) is 4.39 Å². The molecule has 3 N–H and O–H groups in total. The standard InChI is InChI=1S/C15H14ClFN2O2/c1-21-11-5-3-10(4-6-11)19-14(15(18)20)12-8-9(16)2-7-13(12)17/h2-8,14,19H,1H3,(H2,18,20). The van der Waals surface area contributed by atoms with Crippen LogP contribution in [0.4, 0.5) is 10.1 Å². The van der Waals surface area contributed by atoms with Gasteiger partial charge in [-0.05, 0) is 42.5 Å². The number of carbonyl (C=O) groups excluding carboxylic acids is 1. The zero-order chi connectivity index (χ0) is 15.4. The van der Waals surface area contributed by atoms with Crippen LogP contribution in [-0.4, -0.2) is 13.0 Å². The zero-order valence-electron chi connectivity index (χ0n) is 11.3. The van der Waals surface area contributed by atoms with Crippen LogP contribution in [0, 0.1) is 5.82 Å². The maximum Gasteiger partial charge on any atom is 0.244 e. The lowest BCUT2D eigenvalue weighted by Crippen LogP contribution is -2.28. The number of halogens is 2. The molecule has 0 aliphatic carbocycles. The Labute approximate surface area is 126 Å². The third kappa shape index (κ3) is 3.64. The van der Waals surface area contributed by atoms with E-state index in [4.69, 9.17) is 22.1 Å². The molecule has 0 radical (unpaired) electrons. The van der Waals surface area contributed by atoms with Crippen LogP contribution in [0.2, 0.25) is 5.02 Å². The van der Waals surface area contributed by atoms with Gasteiger partial charge in [-0.2, -0.15) is 0 Å². The Hall–Kier alpha value is -2.27. The first kappa shape index (κ1) is 15.1. The summed E-state index contributed by atoms with van der Waals surface area (Å²) in [7, 11) is 1.55. The Balaban J connectivity index is 2.30. The van der Waals surface area contributed by atoms with Crippen LogP contribution < -0.4 is 15.8 Å². The number of carbonyl (C=O) groups is 1. The molecule has 0 aliphatic heterocycles. The molecule has 0 heterocycles. The predicted octanol–water partition coefficient (Wildman–Crippen LogP) is 3.13. The van der Waals surface area contributed by atoms with Crippen molar-refractivity contribution in [2.45, 2.75) is 6.04 Å². The van der Waals surface area contributed by atoms with Crippen LogP contribution in [0.3, 0.4) is 0 Å². The zero-order valence-corrected chi connectivity index (χ0v) is 12.0. The van der Waals surface area contributed by atoms with Crippen LogP contribution in [-0.2, 0) is 4.79 Å². The molecule has 110 valence electrons. The second-order valence-corrected chi connectivity index (χ2v) is 4.81. The molecule has 1 atom stereocenters. The van der Waals surface area contributed by atoms with Gasteiger partial charge >= 0.3 is 0 Å². The SMILES string of the molecule is COc1ccc(NC(C(N)=O)c2cc(Cl)ccc2F)cc1. The van der Waals surface area contributed by atoms with Gasteiger partial charge in [-0.1, -0.05) is 11.6 Å². The van der Waals surface area contributed by atoms with Crippen LogP contribution in [0.5, 0.6) is 5.75 Å². The molecule has 0 fully saturated rings. The second kappa shape index (κ2) is 6.45. The summed E-state index contributed by atoms with van der Waals surface area (Å²) >= 11 is 5.85. The molecule has 1 unspecified atom stereocenters. The monoisotopic (exact) mass is 308 g/mol. The van der Waals surface area contributed by atoms with E-state index < -0.39 is 17.8 Å². The normalized spacial score (nSPS) is 11.8. The lowest BCUT2D eigenvalue weighted by atomic mass is 10.1. The lowest BCUT2D eigenvalue weighted by Gasteiger charge is -2.18. The van der Waals surface area contributed by atoms with Crippen molar-refractivity contribution in [3.05, 3.63) is 58.9 Å². The Bertz CT molecular complexity index is 647. The van der Waals surface area contributed by atoms with Crippen molar-refractivity contribution in [1.82, 2.24) is 0 Å². The topological polar surface area (TPSA) is 64.3 Å². The molecule has 0 saturated heterocycles. The number of benzene rings is 2. The lowest BCUT2D eigenvalue weighted by molar-refractivity contribution is -0.118. The molecule has 2 rings (SSSR count). The van der Waals surface area contributed by atoms with Crippen LogP contribution in [0.1, 0.15) is 11.6 Å². The fraction of sp³-hybridized carbons (Fsp3) is 0.133. The minimum Gasteiger partial charge on any atom is -0.497 e. The van der Waals surface area contributed by atoms with E-state index in [1.165, 1.54) is 18.2 Å². The van der Waals surface area contributed by atoms with Crippen LogP contribution in [0.15, 0.2) is 42.5 Å². The van der Waals surface area contributed by atoms with Crippen molar-refractivity contribution in [2.75, 3.05) is 12.4 Å². The Morgan fingerprint density at radius 3 is 2.52 bits per heavy atom. The third-order valence-corrected chi connectivity index (χ3v) is 3.19. The van der Waals surface area contributed by atoms with Gasteiger partial charge in [-0.15, -0.1) is 0 Å². The summed E-state index contributed by atoms with van der Waals surface area (Å²) in [6, 6.07) is 9.81. The summed E-state index contributed by atoms with van der Waals surface area (Å²) in [5, 5.41) is 3.21. The molecule has 0 spiro atoms. The molecule has 0 saturated carbocycles. The van der Waals surface area contributed by atoms with Gasteiger partial charge in [0.1, 0.15) is 17.6 Å². The fourth-order valence-corrected chi connectivity index (χ4v) is 2.07. The summed E-state index contributed by atoms with van der Waals surface area (Å²) in [6.45, 7) is 0. The number of hydrogen-bond donors (Lipinski definition) is 2. The number of nitrogens with two attached hydrogens (primary N) is 1. The van der Waals surface area contributed by atoms with Crippen molar-refractivity contribution in [2.24, 2.45) is 5.73 Å². The molecule has 21 heavy (non-hydrogen) atoms. The highest BCUT2D eigenvalue weighted by molar-refractivity contribution is 6.30. The van der Waals surface area contributed by atoms with Gasteiger partial charge in [0, 0.05) is 16.3 Å². The van der Waals surface area contributed by atoms with Gasteiger partial charge in [0.25, 0.3) is 0 Å². The Morgan fingerprint density at radius 1 is 1.29 bits per heavy atom. The van der Waals surface area contributed by atoms with Crippen molar-refractivity contribution >= 4 is 23.2 Å². The molecule has 0 aliphatic rings. The number of rotatable bonds is 5. The quantitative estimate of drug-likeness (QED) is 0.892. The molecule has 2 aromatic rings. The highest BCUT2D eigenvalue weighted by Gasteiger charge is 2.21. The average Bonchev–Trinajstić information content (AvgIpc) is 2.48. The predicted molar refractivity (Wildman–Crippen MR) is 80.0 cm³/mol. The van der Waals surface area contributed by atoms with Gasteiger partial charge < -0.3 is 15.8 Å². The number of anilines is 1. The largest absolute Gasteiger partial charge is 0.497 e. The molecule has 0 aromatic heterocycles. The third-order valence-electron chi connectivity index (χ3n) is 2.95. The average molecular weight is 309 g/mol. The molecule has 6 heteroatoms. The summed E-state index contributed by atoms with van der Waals surface area (Å²) in [5.41, 5.74) is 6.07. The number of hydrogen-bond acceptors (Lipinski definition) is 3. The van der Waals surface area contributed by atoms with Crippen molar-refractivity contribution < 1.29 is 13.9 Å². The fourth-order valence-electron chi connectivity index (χ4n) is 1.89. The van der Waals surface area contributed by atoms with Crippen LogP contribution in [0.25, 0.3) is 0 Å². The number of ether oxygens (including phenoxy) is 1. The first-order valence-electron chi connectivity index (χ1n) is 6.16. The highest BCUT2D eigenvalue weighted by atomic mass is 35.5. The molecular weight excluding hydrogens is 295 g/mol. The number of methoxy groups -OCH3 is 1. The number of nitrogens with one attached hydrogen (secondary N) is 1. The van der Waals surface area contributed by atoms with E-state index >= 15 is 0 Å². The van der Waals surface area contributed by atoms with E-state index in [0.717, 1.165) is 0 Å². The molecular formula is C15H14ClFN2O2. The number of amides is 1. The molecule has 4 nitrogen and oxygen atoms in total. The van der Waals surface area contributed by atoms with E-state index in [1.807, 2.05) is 0 Å².